The third kappa shape index (κ3) is 7.29. The van der Waals surface area contributed by atoms with Crippen LogP contribution >= 0.6 is 0 Å². The van der Waals surface area contributed by atoms with E-state index in [-0.39, 0.29) is 23.0 Å². The van der Waals surface area contributed by atoms with Gasteiger partial charge in [0.05, 0.1) is 31.9 Å². The van der Waals surface area contributed by atoms with E-state index in [0.717, 1.165) is 15.4 Å². The van der Waals surface area contributed by atoms with Gasteiger partial charge in [-0.1, -0.05) is 36.8 Å². The molecule has 0 aromatic heterocycles. The minimum absolute atomic E-state index is 0.0192. The summed E-state index contributed by atoms with van der Waals surface area (Å²) in [5.74, 6) is 0.444. The minimum Gasteiger partial charge on any atom is -0.497 e. The van der Waals surface area contributed by atoms with Gasteiger partial charge in [-0.15, -0.1) is 0 Å². The molecule has 41 heavy (non-hydrogen) atoms. The number of hydrogen-bond donors (Lipinski definition) is 1. The summed E-state index contributed by atoms with van der Waals surface area (Å²) in [5.41, 5.74) is 1.84. The number of likely N-dealkylation sites (N-methyl/N-ethyl adjacent to an activating group) is 1. The van der Waals surface area contributed by atoms with E-state index < -0.39 is 28.5 Å². The molecule has 0 aliphatic heterocycles. The summed E-state index contributed by atoms with van der Waals surface area (Å²) < 4.78 is 45.0. The Morgan fingerprint density at radius 2 is 1.51 bits per heavy atom. The molecule has 1 N–H and O–H groups in total. The molecule has 10 nitrogen and oxygen atoms in total. The average molecular weight is 584 g/mol. The largest absolute Gasteiger partial charge is 0.497 e. The van der Waals surface area contributed by atoms with E-state index in [0.29, 0.717) is 23.7 Å². The molecule has 0 heterocycles. The Labute approximate surface area is 241 Å². The van der Waals surface area contributed by atoms with E-state index in [9.17, 15) is 18.0 Å². The van der Waals surface area contributed by atoms with Gasteiger partial charge in [-0.25, -0.2) is 8.42 Å². The number of aryl methyl sites for hydroxylation is 1. The molecule has 220 valence electrons. The normalized spacial score (nSPS) is 11.8. The number of ether oxygens (including phenoxy) is 3. The number of nitrogens with one attached hydrogen (secondary N) is 1. The van der Waals surface area contributed by atoms with Crippen LogP contribution in [0.3, 0.4) is 0 Å². The first kappa shape index (κ1) is 31.3. The highest BCUT2D eigenvalue weighted by Crippen LogP contribution is 2.34. The third-order valence-electron chi connectivity index (χ3n) is 6.69. The quantitative estimate of drug-likeness (QED) is 0.326. The number of nitrogens with zero attached hydrogens (tertiary/aromatic N) is 2. The van der Waals surface area contributed by atoms with Crippen LogP contribution in [0.15, 0.2) is 71.6 Å². The van der Waals surface area contributed by atoms with E-state index in [1.54, 1.807) is 62.6 Å². The van der Waals surface area contributed by atoms with Gasteiger partial charge in [0.2, 0.25) is 11.8 Å². The molecular formula is C30H37N3O7S. The summed E-state index contributed by atoms with van der Waals surface area (Å²) in [6.45, 7) is 3.17. The molecule has 2 amide bonds. The lowest BCUT2D eigenvalue weighted by Gasteiger charge is -2.33. The van der Waals surface area contributed by atoms with E-state index in [2.05, 4.69) is 5.32 Å². The van der Waals surface area contributed by atoms with Gasteiger partial charge in [-0.3, -0.25) is 13.9 Å². The zero-order valence-corrected chi connectivity index (χ0v) is 25.0. The molecule has 0 bridgehead atoms. The molecule has 11 heteroatoms. The minimum atomic E-state index is -4.21. The van der Waals surface area contributed by atoms with Crippen molar-refractivity contribution in [1.82, 2.24) is 10.2 Å². The second kappa shape index (κ2) is 13.9. The number of sulfonamides is 1. The van der Waals surface area contributed by atoms with E-state index in [1.165, 1.54) is 44.4 Å². The molecule has 0 aliphatic carbocycles. The van der Waals surface area contributed by atoms with Crippen molar-refractivity contribution in [3.63, 3.8) is 0 Å². The molecule has 3 aromatic rings. The van der Waals surface area contributed by atoms with Crippen LogP contribution in [0.25, 0.3) is 0 Å². The van der Waals surface area contributed by atoms with Crippen molar-refractivity contribution in [2.75, 3.05) is 39.2 Å². The van der Waals surface area contributed by atoms with Crippen LogP contribution in [0.5, 0.6) is 17.2 Å². The van der Waals surface area contributed by atoms with Crippen molar-refractivity contribution < 1.29 is 32.2 Å². The maximum Gasteiger partial charge on any atom is 0.264 e. The van der Waals surface area contributed by atoms with Crippen LogP contribution in [0.1, 0.15) is 24.5 Å². The van der Waals surface area contributed by atoms with Gasteiger partial charge in [0.1, 0.15) is 18.3 Å². The summed E-state index contributed by atoms with van der Waals surface area (Å²) in [6.07, 6.45) is 0.322. The fourth-order valence-corrected chi connectivity index (χ4v) is 5.77. The number of benzene rings is 3. The first-order valence-corrected chi connectivity index (χ1v) is 14.5. The third-order valence-corrected chi connectivity index (χ3v) is 8.48. The molecule has 0 spiro atoms. The van der Waals surface area contributed by atoms with Gasteiger partial charge in [0.15, 0.2) is 11.5 Å². The highest BCUT2D eigenvalue weighted by molar-refractivity contribution is 7.92. The number of rotatable bonds is 13. The van der Waals surface area contributed by atoms with Crippen LogP contribution in [-0.4, -0.2) is 66.1 Å². The lowest BCUT2D eigenvalue weighted by molar-refractivity contribution is -0.140. The topological polar surface area (TPSA) is 114 Å². The van der Waals surface area contributed by atoms with Crippen molar-refractivity contribution in [3.05, 3.63) is 77.9 Å². The van der Waals surface area contributed by atoms with Gasteiger partial charge in [0, 0.05) is 19.7 Å². The van der Waals surface area contributed by atoms with Crippen LogP contribution in [0.2, 0.25) is 0 Å². The van der Waals surface area contributed by atoms with Crippen molar-refractivity contribution in [1.29, 1.82) is 0 Å². The molecule has 3 rings (SSSR count). The summed E-state index contributed by atoms with van der Waals surface area (Å²) in [6, 6.07) is 17.3. The molecular weight excluding hydrogens is 546 g/mol. The van der Waals surface area contributed by atoms with Gasteiger partial charge in [-0.2, -0.15) is 0 Å². The van der Waals surface area contributed by atoms with Gasteiger partial charge in [-0.05, 0) is 55.3 Å². The smallest absolute Gasteiger partial charge is 0.264 e. The number of hydrogen-bond acceptors (Lipinski definition) is 7. The number of methoxy groups -OCH3 is 3. The predicted molar refractivity (Wildman–Crippen MR) is 157 cm³/mol. The van der Waals surface area contributed by atoms with Crippen molar-refractivity contribution in [2.45, 2.75) is 37.8 Å². The summed E-state index contributed by atoms with van der Waals surface area (Å²) in [7, 11) is 1.76. The van der Waals surface area contributed by atoms with E-state index in [4.69, 9.17) is 14.2 Å². The fourth-order valence-electron chi connectivity index (χ4n) is 4.36. The SMILES string of the molecule is CC[C@H](C(=O)NC)N(Cc1ccc(OC)cc1)C(=O)CN(c1ccc(OC)c(OC)c1)S(=O)(=O)c1ccc(C)cc1. The molecule has 0 saturated carbocycles. The van der Waals surface area contributed by atoms with Crippen molar-refractivity contribution >= 4 is 27.5 Å². The van der Waals surface area contributed by atoms with Crippen LogP contribution in [0, 0.1) is 6.92 Å². The number of carbonyl (C=O) groups excluding carboxylic acids is 2. The van der Waals surface area contributed by atoms with Crippen LogP contribution in [-0.2, 0) is 26.2 Å². The zero-order chi connectivity index (χ0) is 30.2. The van der Waals surface area contributed by atoms with Gasteiger partial charge >= 0.3 is 0 Å². The highest BCUT2D eigenvalue weighted by atomic mass is 32.2. The van der Waals surface area contributed by atoms with E-state index >= 15 is 0 Å². The lowest BCUT2D eigenvalue weighted by Crippen LogP contribution is -2.51. The monoisotopic (exact) mass is 583 g/mol. The maximum absolute atomic E-state index is 14.0. The Kier molecular flexibility index (Phi) is 10.6. The first-order valence-electron chi connectivity index (χ1n) is 13.0. The number of carbonyl (C=O) groups is 2. The summed E-state index contributed by atoms with van der Waals surface area (Å²) in [5, 5.41) is 2.61. The fraction of sp³-hybridized carbons (Fsp3) is 0.333. The second-order valence-corrected chi connectivity index (χ2v) is 11.1. The number of anilines is 1. The summed E-state index contributed by atoms with van der Waals surface area (Å²) in [4.78, 5) is 28.3. The van der Waals surface area contributed by atoms with Crippen LogP contribution in [0.4, 0.5) is 5.69 Å². The maximum atomic E-state index is 14.0. The Hall–Kier alpha value is -4.25. The van der Waals surface area contributed by atoms with Crippen molar-refractivity contribution in [2.24, 2.45) is 0 Å². The van der Waals surface area contributed by atoms with Gasteiger partial charge < -0.3 is 24.4 Å². The average Bonchev–Trinajstić information content (AvgIpc) is 2.99. The highest BCUT2D eigenvalue weighted by Gasteiger charge is 2.33. The molecule has 3 aromatic carbocycles. The Bertz CT molecular complexity index is 1440. The second-order valence-electron chi connectivity index (χ2n) is 9.27. The van der Waals surface area contributed by atoms with Crippen LogP contribution < -0.4 is 23.8 Å². The van der Waals surface area contributed by atoms with E-state index in [1.807, 2.05) is 6.92 Å². The standard InChI is InChI=1S/C30H37N3O7S/c1-7-26(30(35)31-3)32(19-22-10-13-24(38-4)14-11-22)29(34)20-33(23-12-17-27(39-5)28(18-23)40-6)41(36,37)25-15-8-21(2)9-16-25/h8-18,26H,7,19-20H2,1-6H3,(H,31,35)/t26-/m1/s1. The van der Waals surface area contributed by atoms with Gasteiger partial charge in [0.25, 0.3) is 10.0 Å². The molecule has 1 atom stereocenters. The zero-order valence-electron chi connectivity index (χ0n) is 24.2. The Balaban J connectivity index is 2.10. The predicted octanol–water partition coefficient (Wildman–Crippen LogP) is 3.77. The van der Waals surface area contributed by atoms with Crippen molar-refractivity contribution in [3.8, 4) is 17.2 Å². The summed E-state index contributed by atoms with van der Waals surface area (Å²) >= 11 is 0. The molecule has 0 fully saturated rings. The Morgan fingerprint density at radius 3 is 2.05 bits per heavy atom. The molecule has 0 unspecified atom stereocenters. The molecule has 0 radical (unpaired) electrons. The molecule has 0 saturated heterocycles. The Morgan fingerprint density at radius 1 is 0.878 bits per heavy atom. The molecule has 0 aliphatic rings. The lowest BCUT2D eigenvalue weighted by atomic mass is 10.1. The number of amides is 2. The first-order chi connectivity index (χ1) is 19.6.